The van der Waals surface area contributed by atoms with Crippen molar-refractivity contribution < 1.29 is 4.42 Å². The Kier molecular flexibility index (Phi) is 3.38. The minimum atomic E-state index is 0.918. The van der Waals surface area contributed by atoms with Crippen LogP contribution in [0.1, 0.15) is 0 Å². The number of fused-ring (bicyclic) bond motifs is 4. The van der Waals surface area contributed by atoms with E-state index in [-0.39, 0.29) is 0 Å². The summed E-state index contributed by atoms with van der Waals surface area (Å²) in [4.78, 5) is 4.85. The summed E-state index contributed by atoms with van der Waals surface area (Å²) in [5.41, 5.74) is 7.30. The van der Waals surface area contributed by atoms with Crippen LogP contribution in [-0.4, -0.2) is 9.55 Å². The Morgan fingerprint density at radius 2 is 1.48 bits per heavy atom. The van der Waals surface area contributed by atoms with Gasteiger partial charge in [0.15, 0.2) is 0 Å². The van der Waals surface area contributed by atoms with Crippen molar-refractivity contribution in [1.82, 2.24) is 9.55 Å². The number of benzene rings is 4. The molecule has 3 nitrogen and oxygen atoms in total. The molecule has 138 valence electrons. The second-order valence-electron chi connectivity index (χ2n) is 7.34. The van der Waals surface area contributed by atoms with Gasteiger partial charge in [-0.1, -0.05) is 66.7 Å². The molecule has 4 aromatic carbocycles. The van der Waals surface area contributed by atoms with Crippen molar-refractivity contribution in [3.8, 4) is 22.5 Å². The Labute approximate surface area is 167 Å². The molecule has 2 heterocycles. The zero-order chi connectivity index (χ0) is 19.4. The summed E-state index contributed by atoms with van der Waals surface area (Å²) in [5.74, 6) is 0.963. The molecule has 29 heavy (non-hydrogen) atoms. The van der Waals surface area contributed by atoms with E-state index in [0.29, 0.717) is 0 Å². The van der Waals surface area contributed by atoms with Crippen LogP contribution in [0, 0.1) is 0 Å². The summed E-state index contributed by atoms with van der Waals surface area (Å²) < 4.78 is 8.38. The molecule has 0 aliphatic rings. The number of furan rings is 1. The van der Waals surface area contributed by atoms with Crippen LogP contribution in [0.3, 0.4) is 0 Å². The van der Waals surface area contributed by atoms with E-state index in [1.54, 1.807) is 0 Å². The minimum Gasteiger partial charge on any atom is -0.455 e. The molecule has 0 N–H and O–H groups in total. The van der Waals surface area contributed by atoms with Crippen molar-refractivity contribution >= 4 is 33.0 Å². The minimum absolute atomic E-state index is 0.918. The highest BCUT2D eigenvalue weighted by Gasteiger charge is 2.14. The Morgan fingerprint density at radius 3 is 2.41 bits per heavy atom. The molecule has 0 saturated heterocycles. The summed E-state index contributed by atoms with van der Waals surface area (Å²) in [6.07, 6.45) is 0. The molecular formula is C26H18N2O. The predicted molar refractivity (Wildman–Crippen MR) is 119 cm³/mol. The van der Waals surface area contributed by atoms with Crippen LogP contribution in [-0.2, 0) is 7.05 Å². The molecule has 0 atom stereocenters. The van der Waals surface area contributed by atoms with E-state index in [1.807, 2.05) is 24.3 Å². The normalized spacial score (nSPS) is 11.6. The van der Waals surface area contributed by atoms with E-state index in [9.17, 15) is 0 Å². The van der Waals surface area contributed by atoms with Crippen LogP contribution in [0.15, 0.2) is 95.4 Å². The van der Waals surface area contributed by atoms with Gasteiger partial charge in [0.2, 0.25) is 0 Å². The number of para-hydroxylation sites is 4. The van der Waals surface area contributed by atoms with Gasteiger partial charge in [-0.3, -0.25) is 0 Å². The number of imidazole rings is 1. The second-order valence-corrected chi connectivity index (χ2v) is 7.34. The molecule has 0 aliphatic heterocycles. The summed E-state index contributed by atoms with van der Waals surface area (Å²) in [6, 6.07) is 31.3. The average molecular weight is 374 g/mol. The zero-order valence-electron chi connectivity index (χ0n) is 16.0. The molecule has 0 spiro atoms. The first-order valence-corrected chi connectivity index (χ1v) is 9.72. The van der Waals surface area contributed by atoms with Crippen LogP contribution >= 0.6 is 0 Å². The maximum absolute atomic E-state index is 6.23. The van der Waals surface area contributed by atoms with E-state index < -0.39 is 0 Å². The van der Waals surface area contributed by atoms with Gasteiger partial charge in [-0.25, -0.2) is 4.98 Å². The van der Waals surface area contributed by atoms with Gasteiger partial charge in [0.05, 0.1) is 11.0 Å². The lowest BCUT2D eigenvalue weighted by Gasteiger charge is -2.07. The van der Waals surface area contributed by atoms with Gasteiger partial charge in [-0.05, 0) is 29.8 Å². The van der Waals surface area contributed by atoms with E-state index in [4.69, 9.17) is 9.40 Å². The van der Waals surface area contributed by atoms with Crippen LogP contribution in [0.5, 0.6) is 0 Å². The van der Waals surface area contributed by atoms with Crippen molar-refractivity contribution in [2.24, 2.45) is 7.05 Å². The largest absolute Gasteiger partial charge is 0.455 e. The van der Waals surface area contributed by atoms with E-state index in [0.717, 1.165) is 55.5 Å². The highest BCUT2D eigenvalue weighted by Crippen LogP contribution is 2.36. The van der Waals surface area contributed by atoms with Crippen LogP contribution in [0.4, 0.5) is 0 Å². The van der Waals surface area contributed by atoms with Gasteiger partial charge in [0.1, 0.15) is 17.0 Å². The Hall–Kier alpha value is -3.85. The molecule has 0 amide bonds. The van der Waals surface area contributed by atoms with E-state index >= 15 is 0 Å². The molecule has 3 heteroatoms. The van der Waals surface area contributed by atoms with Crippen LogP contribution in [0.2, 0.25) is 0 Å². The molecule has 6 aromatic rings. The van der Waals surface area contributed by atoms with Gasteiger partial charge in [0, 0.05) is 28.9 Å². The third-order valence-corrected chi connectivity index (χ3v) is 5.62. The lowest BCUT2D eigenvalue weighted by molar-refractivity contribution is 0.670. The predicted octanol–water partition coefficient (Wildman–Crippen LogP) is 6.81. The molecular weight excluding hydrogens is 356 g/mol. The second kappa shape index (κ2) is 6.08. The topological polar surface area (TPSA) is 31.0 Å². The van der Waals surface area contributed by atoms with Crippen molar-refractivity contribution in [1.29, 1.82) is 0 Å². The first kappa shape index (κ1) is 16.1. The fourth-order valence-electron chi connectivity index (χ4n) is 4.20. The van der Waals surface area contributed by atoms with Crippen molar-refractivity contribution in [3.05, 3.63) is 91.0 Å². The molecule has 0 radical (unpaired) electrons. The third-order valence-electron chi connectivity index (χ3n) is 5.62. The molecule has 0 unspecified atom stereocenters. The Morgan fingerprint density at radius 1 is 0.724 bits per heavy atom. The van der Waals surface area contributed by atoms with Crippen LogP contribution in [0.25, 0.3) is 55.5 Å². The van der Waals surface area contributed by atoms with Gasteiger partial charge in [0.25, 0.3) is 0 Å². The highest BCUT2D eigenvalue weighted by atomic mass is 16.3. The number of nitrogens with zero attached hydrogens (tertiary/aromatic N) is 2. The summed E-state index contributed by atoms with van der Waals surface area (Å²) in [5, 5.41) is 2.29. The Balaban J connectivity index is 1.57. The van der Waals surface area contributed by atoms with Crippen molar-refractivity contribution in [2.45, 2.75) is 0 Å². The number of rotatable bonds is 2. The number of hydrogen-bond acceptors (Lipinski definition) is 2. The number of aryl methyl sites for hydroxylation is 1. The first-order valence-electron chi connectivity index (χ1n) is 9.72. The maximum Gasteiger partial charge on any atom is 0.143 e. The monoisotopic (exact) mass is 374 g/mol. The summed E-state index contributed by atoms with van der Waals surface area (Å²) in [7, 11) is 2.07. The van der Waals surface area contributed by atoms with Gasteiger partial charge in [-0.15, -0.1) is 0 Å². The summed E-state index contributed by atoms with van der Waals surface area (Å²) in [6.45, 7) is 0. The fourth-order valence-corrected chi connectivity index (χ4v) is 4.20. The summed E-state index contributed by atoms with van der Waals surface area (Å²) >= 11 is 0. The zero-order valence-corrected chi connectivity index (χ0v) is 16.0. The maximum atomic E-state index is 6.23. The molecule has 0 aliphatic carbocycles. The highest BCUT2D eigenvalue weighted by molar-refractivity contribution is 6.09. The molecule has 0 bridgehead atoms. The molecule has 2 aromatic heterocycles. The van der Waals surface area contributed by atoms with Gasteiger partial charge >= 0.3 is 0 Å². The number of hydrogen-bond donors (Lipinski definition) is 0. The molecule has 6 rings (SSSR count). The molecule has 0 saturated carbocycles. The first-order chi connectivity index (χ1) is 14.3. The fraction of sp³-hybridized carbons (Fsp3) is 0.0385. The van der Waals surface area contributed by atoms with Gasteiger partial charge < -0.3 is 8.98 Å². The smallest absolute Gasteiger partial charge is 0.143 e. The van der Waals surface area contributed by atoms with E-state index in [1.165, 1.54) is 0 Å². The average Bonchev–Trinajstić information content (AvgIpc) is 3.32. The van der Waals surface area contributed by atoms with Crippen molar-refractivity contribution in [3.63, 3.8) is 0 Å². The SMILES string of the molecule is Cn1c(-c2cccc(-c3cccc4c3oc3ccccc34)c2)nc2ccccc21. The third kappa shape index (κ3) is 2.41. The lowest BCUT2D eigenvalue weighted by atomic mass is 10.0. The van der Waals surface area contributed by atoms with Crippen LogP contribution < -0.4 is 0 Å². The lowest BCUT2D eigenvalue weighted by Crippen LogP contribution is -1.92. The standard InChI is InChI=1S/C26H18N2O/c1-28-23-14-4-3-13-22(23)27-26(28)18-9-6-8-17(16-18)19-11-7-12-21-20-10-2-5-15-24(20)29-25(19)21/h2-16H,1H3. The molecule has 0 fully saturated rings. The number of aromatic nitrogens is 2. The van der Waals surface area contributed by atoms with Gasteiger partial charge in [-0.2, -0.15) is 0 Å². The quantitative estimate of drug-likeness (QED) is 0.333. The van der Waals surface area contributed by atoms with E-state index in [2.05, 4.69) is 78.3 Å². The van der Waals surface area contributed by atoms with Crippen molar-refractivity contribution in [2.75, 3.05) is 0 Å². The Bertz CT molecular complexity index is 1520.